The van der Waals surface area contributed by atoms with Gasteiger partial charge >= 0.3 is 5.97 Å². The fourth-order valence-electron chi connectivity index (χ4n) is 0.674. The monoisotopic (exact) mass is 315 g/mol. The summed E-state index contributed by atoms with van der Waals surface area (Å²) in [4.78, 5) is 22.1. The summed E-state index contributed by atoms with van der Waals surface area (Å²) in [6.45, 7) is 5.21. The van der Waals surface area contributed by atoms with Gasteiger partial charge in [0.2, 0.25) is 0 Å². The maximum absolute atomic E-state index is 11.2. The highest BCUT2D eigenvalue weighted by molar-refractivity contribution is 14.1. The van der Waals surface area contributed by atoms with E-state index in [0.29, 0.717) is 0 Å². The van der Waals surface area contributed by atoms with E-state index in [1.807, 2.05) is 22.6 Å². The van der Waals surface area contributed by atoms with Gasteiger partial charge in [-0.3, -0.25) is 10.5 Å². The van der Waals surface area contributed by atoms with E-state index >= 15 is 0 Å². The SMILES string of the molecule is CCOC(=O)C(=O)C(N)OC(C)(C)I. The van der Waals surface area contributed by atoms with E-state index < -0.39 is 21.6 Å². The minimum Gasteiger partial charge on any atom is -0.460 e. The predicted octanol–water partition coefficient (Wildman–Crippen LogP) is 0.591. The summed E-state index contributed by atoms with van der Waals surface area (Å²) >= 11 is 1.96. The molecule has 0 amide bonds. The van der Waals surface area contributed by atoms with Gasteiger partial charge in [0.25, 0.3) is 5.78 Å². The third-order valence-electron chi connectivity index (χ3n) is 1.14. The summed E-state index contributed by atoms with van der Waals surface area (Å²) < 4.78 is 8.97. The van der Waals surface area contributed by atoms with Crippen LogP contribution in [-0.2, 0) is 19.1 Å². The lowest BCUT2D eigenvalue weighted by atomic mass is 10.3. The molecule has 82 valence electrons. The molecule has 0 aromatic rings. The molecule has 0 aliphatic carbocycles. The molecular weight excluding hydrogens is 301 g/mol. The first kappa shape index (κ1) is 13.8. The lowest BCUT2D eigenvalue weighted by Crippen LogP contribution is -2.42. The van der Waals surface area contributed by atoms with Gasteiger partial charge in [0.15, 0.2) is 6.23 Å². The minimum absolute atomic E-state index is 0.144. The molecular formula is C8H14INO4. The number of rotatable bonds is 5. The standard InChI is InChI=1S/C8H14INO4/c1-4-13-7(12)5(11)6(10)14-8(2,3)9/h6H,4,10H2,1-3H3. The Bertz CT molecular complexity index is 224. The molecule has 1 atom stereocenters. The van der Waals surface area contributed by atoms with Crippen molar-refractivity contribution in [3.8, 4) is 0 Å². The van der Waals surface area contributed by atoms with Crippen molar-refractivity contribution in [2.45, 2.75) is 30.6 Å². The molecule has 0 fully saturated rings. The summed E-state index contributed by atoms with van der Waals surface area (Å²) in [5.74, 6) is -1.82. The topological polar surface area (TPSA) is 78.6 Å². The molecule has 6 heteroatoms. The second kappa shape index (κ2) is 5.62. The van der Waals surface area contributed by atoms with E-state index in [1.54, 1.807) is 20.8 Å². The Hall–Kier alpha value is -0.210. The van der Waals surface area contributed by atoms with Gasteiger partial charge in [-0.05, 0) is 43.4 Å². The summed E-state index contributed by atoms with van der Waals surface area (Å²) in [6, 6.07) is 0. The number of alkyl halides is 1. The fraction of sp³-hybridized carbons (Fsp3) is 0.750. The predicted molar refractivity (Wildman–Crippen MR) is 58.8 cm³/mol. The number of esters is 1. The number of ketones is 1. The third-order valence-corrected chi connectivity index (χ3v) is 1.40. The molecule has 0 aromatic carbocycles. The largest absolute Gasteiger partial charge is 0.460 e. The van der Waals surface area contributed by atoms with Gasteiger partial charge in [0, 0.05) is 0 Å². The van der Waals surface area contributed by atoms with Gasteiger partial charge in [-0.2, -0.15) is 0 Å². The highest BCUT2D eigenvalue weighted by Crippen LogP contribution is 2.19. The molecule has 0 aliphatic rings. The smallest absolute Gasteiger partial charge is 0.378 e. The highest BCUT2D eigenvalue weighted by Gasteiger charge is 2.28. The molecule has 0 heterocycles. The lowest BCUT2D eigenvalue weighted by Gasteiger charge is -2.21. The Kier molecular flexibility index (Phi) is 5.53. The maximum Gasteiger partial charge on any atom is 0.378 e. The first-order chi connectivity index (χ1) is 6.28. The van der Waals surface area contributed by atoms with Gasteiger partial charge in [-0.25, -0.2) is 4.79 Å². The van der Waals surface area contributed by atoms with Gasteiger partial charge in [-0.1, -0.05) is 0 Å². The molecule has 0 bridgehead atoms. The molecule has 0 saturated heterocycles. The molecule has 2 N–H and O–H groups in total. The zero-order valence-corrected chi connectivity index (χ0v) is 10.5. The van der Waals surface area contributed by atoms with Crippen LogP contribution in [0.3, 0.4) is 0 Å². The highest BCUT2D eigenvalue weighted by atomic mass is 127. The van der Waals surface area contributed by atoms with Crippen LogP contribution < -0.4 is 5.73 Å². The quantitative estimate of drug-likeness (QED) is 0.264. The number of hydrogen-bond donors (Lipinski definition) is 1. The van der Waals surface area contributed by atoms with Crippen LogP contribution in [-0.4, -0.2) is 28.2 Å². The number of nitrogens with two attached hydrogens (primary N) is 1. The fourth-order valence-corrected chi connectivity index (χ4v) is 0.948. The summed E-state index contributed by atoms with van der Waals surface area (Å²) in [6.07, 6.45) is -1.26. The molecule has 5 nitrogen and oxygen atoms in total. The molecule has 0 saturated carbocycles. The first-order valence-electron chi connectivity index (χ1n) is 4.11. The van der Waals surface area contributed by atoms with Crippen LogP contribution in [0.5, 0.6) is 0 Å². The third kappa shape index (κ3) is 5.51. The molecule has 14 heavy (non-hydrogen) atoms. The van der Waals surface area contributed by atoms with Crippen molar-refractivity contribution in [1.29, 1.82) is 0 Å². The average molecular weight is 315 g/mol. The van der Waals surface area contributed by atoms with Crippen LogP contribution in [0.2, 0.25) is 0 Å². The van der Waals surface area contributed by atoms with Crippen molar-refractivity contribution >= 4 is 34.3 Å². The Labute approximate surface area is 96.4 Å². The van der Waals surface area contributed by atoms with Gasteiger partial charge in [0.1, 0.15) is 3.61 Å². The lowest BCUT2D eigenvalue weighted by molar-refractivity contribution is -0.160. The first-order valence-corrected chi connectivity index (χ1v) is 5.19. The molecule has 0 aromatic heterocycles. The number of carbonyl (C=O) groups excluding carboxylic acids is 2. The van der Waals surface area contributed by atoms with Crippen LogP contribution in [0.1, 0.15) is 20.8 Å². The van der Waals surface area contributed by atoms with Gasteiger partial charge < -0.3 is 9.47 Å². The molecule has 0 spiro atoms. The number of halogens is 1. The number of ether oxygens (including phenoxy) is 2. The Morgan fingerprint density at radius 1 is 1.50 bits per heavy atom. The van der Waals surface area contributed by atoms with E-state index in [9.17, 15) is 9.59 Å². The summed E-state index contributed by atoms with van der Waals surface area (Å²) in [5, 5.41) is 0. The average Bonchev–Trinajstić information content (AvgIpc) is 2.00. The maximum atomic E-state index is 11.2. The molecule has 0 radical (unpaired) electrons. The summed E-state index contributed by atoms with van der Waals surface area (Å²) in [5.41, 5.74) is 5.36. The Balaban J connectivity index is 4.19. The van der Waals surface area contributed by atoms with Crippen molar-refractivity contribution in [3.63, 3.8) is 0 Å². The second-order valence-electron chi connectivity index (χ2n) is 2.99. The van der Waals surface area contributed by atoms with E-state index in [2.05, 4.69) is 4.74 Å². The molecule has 0 aliphatic heterocycles. The normalized spacial score (nSPS) is 13.5. The Morgan fingerprint density at radius 2 is 2.00 bits per heavy atom. The van der Waals surface area contributed by atoms with Gasteiger partial charge in [-0.15, -0.1) is 0 Å². The van der Waals surface area contributed by atoms with Crippen molar-refractivity contribution < 1.29 is 19.1 Å². The van der Waals surface area contributed by atoms with Crippen molar-refractivity contribution in [2.75, 3.05) is 6.61 Å². The van der Waals surface area contributed by atoms with E-state index in [0.717, 1.165) is 0 Å². The van der Waals surface area contributed by atoms with E-state index in [1.165, 1.54) is 0 Å². The zero-order valence-electron chi connectivity index (χ0n) is 8.37. The number of carbonyl (C=O) groups is 2. The number of Topliss-reactive ketones (excluding diaryl/α,β-unsaturated/α-hetero) is 1. The van der Waals surface area contributed by atoms with Crippen LogP contribution in [0.25, 0.3) is 0 Å². The molecule has 1 unspecified atom stereocenters. The van der Waals surface area contributed by atoms with Crippen LogP contribution >= 0.6 is 22.6 Å². The Morgan fingerprint density at radius 3 is 2.36 bits per heavy atom. The number of hydrogen-bond acceptors (Lipinski definition) is 5. The summed E-state index contributed by atoms with van der Waals surface area (Å²) in [7, 11) is 0. The van der Waals surface area contributed by atoms with Crippen molar-refractivity contribution in [1.82, 2.24) is 0 Å². The van der Waals surface area contributed by atoms with Crippen LogP contribution in [0, 0.1) is 0 Å². The van der Waals surface area contributed by atoms with Crippen molar-refractivity contribution in [2.24, 2.45) is 5.73 Å². The second-order valence-corrected chi connectivity index (χ2v) is 5.58. The van der Waals surface area contributed by atoms with Crippen molar-refractivity contribution in [3.05, 3.63) is 0 Å². The van der Waals surface area contributed by atoms with E-state index in [4.69, 9.17) is 10.5 Å². The zero-order chi connectivity index (χ0) is 11.4. The minimum atomic E-state index is -1.26. The molecule has 0 rings (SSSR count). The van der Waals surface area contributed by atoms with E-state index in [-0.39, 0.29) is 6.61 Å². The van der Waals surface area contributed by atoms with Crippen LogP contribution in [0.4, 0.5) is 0 Å². The van der Waals surface area contributed by atoms with Gasteiger partial charge in [0.05, 0.1) is 6.61 Å². The van der Waals surface area contributed by atoms with Crippen LogP contribution in [0.15, 0.2) is 0 Å².